The highest BCUT2D eigenvalue weighted by Gasteiger charge is 2.61. The van der Waals surface area contributed by atoms with Crippen molar-refractivity contribution in [3.8, 4) is 22.8 Å². The van der Waals surface area contributed by atoms with E-state index in [4.69, 9.17) is 14.5 Å². The van der Waals surface area contributed by atoms with Crippen molar-refractivity contribution < 1.29 is 32.3 Å². The maximum atomic E-state index is 14.8. The van der Waals surface area contributed by atoms with Crippen molar-refractivity contribution in [2.24, 2.45) is 17.3 Å². The van der Waals surface area contributed by atoms with Crippen LogP contribution in [0.25, 0.3) is 22.2 Å². The summed E-state index contributed by atoms with van der Waals surface area (Å²) >= 11 is 0. The lowest BCUT2D eigenvalue weighted by atomic mass is 9.90. The van der Waals surface area contributed by atoms with E-state index >= 15 is 0 Å². The summed E-state index contributed by atoms with van der Waals surface area (Å²) in [5.74, 6) is -0.325. The summed E-state index contributed by atoms with van der Waals surface area (Å²) in [4.78, 5) is 50.1. The Morgan fingerprint density at radius 1 is 0.946 bits per heavy atom. The van der Waals surface area contributed by atoms with Crippen LogP contribution in [0, 0.1) is 17.3 Å². The van der Waals surface area contributed by atoms with E-state index in [-0.39, 0.29) is 42.9 Å². The van der Waals surface area contributed by atoms with E-state index in [1.807, 2.05) is 91.0 Å². The molecular formula is C45H49N3O7S. The van der Waals surface area contributed by atoms with E-state index in [0.717, 1.165) is 42.2 Å². The fraction of sp³-hybridized carbons (Fsp3) is 0.422. The highest BCUT2D eigenvalue weighted by molar-refractivity contribution is 7.90. The van der Waals surface area contributed by atoms with Crippen LogP contribution in [0.4, 0.5) is 0 Å². The zero-order valence-corrected chi connectivity index (χ0v) is 32.6. The molecule has 3 fully saturated rings. The maximum Gasteiger partial charge on any atom is 0.240 e. The minimum atomic E-state index is -3.82. The monoisotopic (exact) mass is 775 g/mol. The van der Waals surface area contributed by atoms with Gasteiger partial charge in [0, 0.05) is 41.8 Å². The molecule has 292 valence electrons. The lowest BCUT2D eigenvalue weighted by molar-refractivity contribution is -0.142. The van der Waals surface area contributed by atoms with Crippen LogP contribution < -0.4 is 14.2 Å². The molecule has 0 radical (unpaired) electrons. The molecule has 2 aliphatic heterocycles. The average molecular weight is 776 g/mol. The number of pyridine rings is 1. The molecule has 2 aliphatic carbocycles. The van der Waals surface area contributed by atoms with Crippen molar-refractivity contribution in [2.75, 3.05) is 13.7 Å². The molecule has 3 aromatic carbocycles. The number of amides is 2. The number of fused-ring (bicyclic) bond motifs is 3. The largest absolute Gasteiger partial charge is 0.497 e. The first-order chi connectivity index (χ1) is 27.1. The standard InChI is InChI=1S/C45H49N3O7S/c1-54-34-19-22-37-39(24-34)46-38(31-15-10-6-11-16-31)26-42(37)55-35-25-40-41(49)28-45(44(51)47-56(52,53)36-20-21-36)27-33(45)18-12-4-2-3-9-17-32(43(50)48(40)29-35)23-30-13-7-5-8-14-30/h5-8,10-16,18-19,22,24,26,32-33,35-36,40H,2-4,9,17,20-21,23,25,27-29H2,1H3,(H,47,51)/b18-12-/t32-,33+,35-,40+,45-/m1/s1. The molecule has 0 spiro atoms. The number of benzene rings is 3. The number of hydrogen-bond acceptors (Lipinski definition) is 8. The van der Waals surface area contributed by atoms with Crippen LogP contribution in [0.5, 0.6) is 11.5 Å². The number of rotatable bonds is 9. The van der Waals surface area contributed by atoms with Crippen LogP contribution in [-0.4, -0.2) is 66.9 Å². The second-order valence-corrected chi connectivity index (χ2v) is 17.9. The van der Waals surface area contributed by atoms with Crippen LogP contribution in [0.15, 0.2) is 97.1 Å². The third-order valence-electron chi connectivity index (χ3n) is 12.0. The number of nitrogens with zero attached hydrogens (tertiary/aromatic N) is 2. The number of aromatic nitrogens is 1. The first-order valence-electron chi connectivity index (χ1n) is 19.9. The quantitative estimate of drug-likeness (QED) is 0.177. The summed E-state index contributed by atoms with van der Waals surface area (Å²) in [6.45, 7) is 0.194. The van der Waals surface area contributed by atoms with Crippen LogP contribution in [-0.2, 0) is 30.8 Å². The summed E-state index contributed by atoms with van der Waals surface area (Å²) in [5, 5.41) is 0.207. The lowest BCUT2D eigenvalue weighted by Crippen LogP contribution is -2.46. The third kappa shape index (κ3) is 8.10. The number of Topliss-reactive ketones (excluding diaryl/α,β-unsaturated/α-hetero) is 1. The predicted octanol–water partition coefficient (Wildman–Crippen LogP) is 7.21. The highest BCUT2D eigenvalue weighted by atomic mass is 32.2. The fourth-order valence-corrected chi connectivity index (χ4v) is 9.94. The van der Waals surface area contributed by atoms with Crippen molar-refractivity contribution in [2.45, 2.75) is 88.0 Å². The van der Waals surface area contributed by atoms with Gasteiger partial charge in [0.15, 0.2) is 5.78 Å². The molecule has 4 aliphatic rings. The molecule has 2 saturated carbocycles. The Kier molecular flexibility index (Phi) is 10.7. The molecule has 2 amide bonds. The van der Waals surface area contributed by atoms with Gasteiger partial charge in [-0.1, -0.05) is 85.7 Å². The molecule has 0 unspecified atom stereocenters. The molecule has 11 heteroatoms. The second kappa shape index (κ2) is 15.8. The summed E-state index contributed by atoms with van der Waals surface area (Å²) < 4.78 is 40.6. The number of allylic oxidation sites excluding steroid dienone is 2. The Labute approximate surface area is 328 Å². The molecule has 4 aromatic rings. The molecule has 3 heterocycles. The highest BCUT2D eigenvalue weighted by Crippen LogP contribution is 2.57. The SMILES string of the molecule is COc1ccc2c(O[C@@H]3C[C@H]4C(=O)C[C@]5(C(=O)NS(=O)(=O)C6CC6)C[C@@H]5/C=C\CCCCC[C@H](Cc5ccccc5)C(=O)N4C3)cc(-c3ccccc3)nc2c1. The third-order valence-corrected chi connectivity index (χ3v) is 13.8. The van der Waals surface area contributed by atoms with Crippen LogP contribution in [0.3, 0.4) is 0 Å². The zero-order valence-electron chi connectivity index (χ0n) is 31.8. The Morgan fingerprint density at radius 2 is 1.71 bits per heavy atom. The van der Waals surface area contributed by atoms with E-state index in [1.54, 1.807) is 12.0 Å². The lowest BCUT2D eigenvalue weighted by Gasteiger charge is -2.29. The minimum absolute atomic E-state index is 0.0947. The van der Waals surface area contributed by atoms with E-state index in [1.165, 1.54) is 0 Å². The van der Waals surface area contributed by atoms with Crippen LogP contribution in [0.2, 0.25) is 0 Å². The van der Waals surface area contributed by atoms with Gasteiger partial charge in [-0.05, 0) is 68.6 Å². The summed E-state index contributed by atoms with van der Waals surface area (Å²) in [7, 11) is -2.21. The van der Waals surface area contributed by atoms with Gasteiger partial charge in [-0.25, -0.2) is 13.4 Å². The molecule has 56 heavy (non-hydrogen) atoms. The summed E-state index contributed by atoms with van der Waals surface area (Å²) in [6.07, 6.45) is 9.83. The zero-order chi connectivity index (χ0) is 38.9. The van der Waals surface area contributed by atoms with Gasteiger partial charge >= 0.3 is 0 Å². The van der Waals surface area contributed by atoms with Gasteiger partial charge in [0.25, 0.3) is 0 Å². The van der Waals surface area contributed by atoms with E-state index in [2.05, 4.69) is 10.8 Å². The fourth-order valence-electron chi connectivity index (χ4n) is 8.56. The van der Waals surface area contributed by atoms with Gasteiger partial charge in [0.05, 0.1) is 41.6 Å². The minimum Gasteiger partial charge on any atom is -0.497 e. The normalized spacial score (nSPS) is 26.3. The molecule has 0 bridgehead atoms. The summed E-state index contributed by atoms with van der Waals surface area (Å²) in [6, 6.07) is 26.5. The first-order valence-corrected chi connectivity index (χ1v) is 21.5. The molecule has 10 nitrogen and oxygen atoms in total. The molecule has 8 rings (SSSR count). The Hall–Kier alpha value is -5.03. The number of ether oxygens (including phenoxy) is 2. The van der Waals surface area contributed by atoms with Gasteiger partial charge in [0.2, 0.25) is 21.8 Å². The van der Waals surface area contributed by atoms with Crippen LogP contribution in [0.1, 0.15) is 69.8 Å². The average Bonchev–Trinajstić information content (AvgIpc) is 4.14. The van der Waals surface area contributed by atoms with Gasteiger partial charge in [-0.15, -0.1) is 0 Å². The van der Waals surface area contributed by atoms with E-state index in [9.17, 15) is 22.8 Å². The predicted molar refractivity (Wildman–Crippen MR) is 214 cm³/mol. The first kappa shape index (κ1) is 37.9. The van der Waals surface area contributed by atoms with Gasteiger partial charge < -0.3 is 14.4 Å². The molecule has 1 aromatic heterocycles. The van der Waals surface area contributed by atoms with E-state index < -0.39 is 38.7 Å². The van der Waals surface area contributed by atoms with Gasteiger partial charge in [-0.3, -0.25) is 19.1 Å². The number of carbonyl (C=O) groups excluding carboxylic acids is 3. The number of sulfonamides is 1. The van der Waals surface area contributed by atoms with E-state index in [0.29, 0.717) is 54.8 Å². The Morgan fingerprint density at radius 3 is 2.46 bits per heavy atom. The second-order valence-electron chi connectivity index (χ2n) is 16.0. The molecular weight excluding hydrogens is 727 g/mol. The number of hydrogen-bond donors (Lipinski definition) is 1. The van der Waals surface area contributed by atoms with Crippen molar-refractivity contribution in [1.82, 2.24) is 14.6 Å². The van der Waals surface area contributed by atoms with Gasteiger partial charge in [0.1, 0.15) is 17.6 Å². The van der Waals surface area contributed by atoms with Crippen molar-refractivity contribution >= 4 is 38.5 Å². The topological polar surface area (TPSA) is 132 Å². The number of ketones is 1. The van der Waals surface area contributed by atoms with Crippen molar-refractivity contribution in [3.05, 3.63) is 103 Å². The molecule has 5 atom stereocenters. The maximum absolute atomic E-state index is 14.8. The van der Waals surface area contributed by atoms with Crippen molar-refractivity contribution in [3.63, 3.8) is 0 Å². The number of carbonyl (C=O) groups is 3. The number of methoxy groups -OCH3 is 1. The van der Waals surface area contributed by atoms with Gasteiger partial charge in [-0.2, -0.15) is 0 Å². The molecule has 1 N–H and O–H groups in total. The Bertz CT molecular complexity index is 2240. The molecule has 1 saturated heterocycles. The summed E-state index contributed by atoms with van der Waals surface area (Å²) in [5.41, 5.74) is 2.19. The van der Waals surface area contributed by atoms with Crippen LogP contribution >= 0.6 is 0 Å². The number of nitrogens with one attached hydrogen (secondary N) is 1. The van der Waals surface area contributed by atoms with Crippen molar-refractivity contribution in [1.29, 1.82) is 0 Å². The Balaban J connectivity index is 1.13. The smallest absolute Gasteiger partial charge is 0.240 e.